The van der Waals surface area contributed by atoms with E-state index in [1.54, 1.807) is 19.1 Å². The molecule has 1 amide bonds. The van der Waals surface area contributed by atoms with E-state index < -0.39 is 10.0 Å². The topological polar surface area (TPSA) is 106 Å². The van der Waals surface area contributed by atoms with E-state index in [1.165, 1.54) is 21.3 Å². The van der Waals surface area contributed by atoms with Crippen molar-refractivity contribution in [1.29, 1.82) is 0 Å². The number of carbonyl (C=O) groups is 1. The molecule has 0 N–H and O–H groups in total. The Morgan fingerprint density at radius 2 is 1.74 bits per heavy atom. The summed E-state index contributed by atoms with van der Waals surface area (Å²) in [6.45, 7) is 6.33. The lowest BCUT2D eigenvalue weighted by Gasteiger charge is -2.33. The summed E-state index contributed by atoms with van der Waals surface area (Å²) in [5, 5.41) is 7.35. The number of hydrogen-bond acceptors (Lipinski definition) is 7. The minimum atomic E-state index is -3.63. The zero-order chi connectivity index (χ0) is 19.6. The van der Waals surface area contributed by atoms with Crippen molar-refractivity contribution < 1.29 is 22.4 Å². The molecule has 10 heteroatoms. The van der Waals surface area contributed by atoms with Crippen LogP contribution in [0.3, 0.4) is 0 Å². The predicted octanol–water partition coefficient (Wildman–Crippen LogP) is 1.31. The second kappa shape index (κ2) is 7.65. The van der Waals surface area contributed by atoms with Crippen molar-refractivity contribution in [2.24, 2.45) is 0 Å². The maximum Gasteiger partial charge on any atom is 0.311 e. The minimum absolute atomic E-state index is 0.0145. The molecule has 0 aliphatic carbocycles. The number of aromatic nitrogens is 2. The summed E-state index contributed by atoms with van der Waals surface area (Å²) >= 11 is 0. The highest BCUT2D eigenvalue weighted by molar-refractivity contribution is 7.89. The van der Waals surface area contributed by atoms with Crippen molar-refractivity contribution >= 4 is 15.9 Å². The summed E-state index contributed by atoms with van der Waals surface area (Å²) in [7, 11) is -3.63. The number of aryl methyl sites for hydroxylation is 1. The first kappa shape index (κ1) is 19.3. The molecule has 2 heterocycles. The van der Waals surface area contributed by atoms with E-state index in [1.807, 2.05) is 13.8 Å². The molecule has 9 nitrogen and oxygen atoms in total. The molecule has 0 unspecified atom stereocenters. The number of ether oxygens (including phenoxy) is 1. The van der Waals surface area contributed by atoms with Gasteiger partial charge in [0, 0.05) is 33.1 Å². The Morgan fingerprint density at radius 1 is 1.11 bits per heavy atom. The van der Waals surface area contributed by atoms with Crippen LogP contribution in [0.5, 0.6) is 5.75 Å². The van der Waals surface area contributed by atoms with Crippen molar-refractivity contribution in [1.82, 2.24) is 19.4 Å². The van der Waals surface area contributed by atoms with E-state index in [9.17, 15) is 13.2 Å². The fourth-order valence-corrected chi connectivity index (χ4v) is 4.18. The normalized spacial score (nSPS) is 15.9. The van der Waals surface area contributed by atoms with E-state index in [4.69, 9.17) is 9.15 Å². The molecule has 0 bridgehead atoms. The van der Waals surface area contributed by atoms with Crippen molar-refractivity contribution in [2.75, 3.05) is 26.2 Å². The molecule has 146 valence electrons. The van der Waals surface area contributed by atoms with Gasteiger partial charge in [0.2, 0.25) is 15.9 Å². The number of carbonyl (C=O) groups excluding carboxylic acids is 1. The van der Waals surface area contributed by atoms with Crippen LogP contribution in [0, 0.1) is 6.92 Å². The summed E-state index contributed by atoms with van der Waals surface area (Å²) in [4.78, 5) is 14.0. The number of hydrogen-bond donors (Lipinski definition) is 0. The molecule has 2 aromatic rings. The van der Waals surface area contributed by atoms with E-state index >= 15 is 0 Å². The average molecular weight is 394 g/mol. The molecule has 1 fully saturated rings. The zero-order valence-corrected chi connectivity index (χ0v) is 16.3. The third-order valence-electron chi connectivity index (χ3n) is 4.07. The zero-order valence-electron chi connectivity index (χ0n) is 15.5. The second-order valence-electron chi connectivity index (χ2n) is 6.46. The van der Waals surface area contributed by atoms with Crippen LogP contribution < -0.4 is 4.74 Å². The number of benzene rings is 1. The quantitative estimate of drug-likeness (QED) is 0.753. The van der Waals surface area contributed by atoms with Gasteiger partial charge in [0.25, 0.3) is 0 Å². The molecule has 0 radical (unpaired) electrons. The third kappa shape index (κ3) is 4.28. The van der Waals surface area contributed by atoms with Crippen LogP contribution >= 0.6 is 0 Å². The maximum atomic E-state index is 12.8. The Balaban J connectivity index is 1.65. The molecule has 0 saturated carbocycles. The fraction of sp³-hybridized carbons (Fsp3) is 0.471. The van der Waals surface area contributed by atoms with Crippen LogP contribution in [0.15, 0.2) is 33.6 Å². The number of nitrogens with zero attached hydrogens (tertiary/aromatic N) is 4. The minimum Gasteiger partial charge on any atom is -0.491 e. The van der Waals surface area contributed by atoms with Crippen molar-refractivity contribution in [3.05, 3.63) is 36.0 Å². The SMILES string of the molecule is Cc1nnc(C(=O)N2CCN(S(=O)(=O)c3ccc(OC(C)C)cc3)CC2)o1. The van der Waals surface area contributed by atoms with E-state index in [-0.39, 0.29) is 49.0 Å². The van der Waals surface area contributed by atoms with Gasteiger partial charge in [-0.05, 0) is 38.1 Å². The molecular weight excluding hydrogens is 372 g/mol. The van der Waals surface area contributed by atoms with Crippen LogP contribution in [0.2, 0.25) is 0 Å². The fourth-order valence-electron chi connectivity index (χ4n) is 2.76. The third-order valence-corrected chi connectivity index (χ3v) is 5.98. The largest absolute Gasteiger partial charge is 0.491 e. The Hall–Kier alpha value is -2.46. The summed E-state index contributed by atoms with van der Waals surface area (Å²) < 4.78 is 37.7. The van der Waals surface area contributed by atoms with Gasteiger partial charge in [-0.1, -0.05) is 0 Å². The standard InChI is InChI=1S/C17H22N4O5S/c1-12(2)25-14-4-6-15(7-5-14)27(23,24)21-10-8-20(9-11-21)17(22)16-19-18-13(3)26-16/h4-7,12H,8-11H2,1-3H3. The highest BCUT2D eigenvalue weighted by Crippen LogP contribution is 2.22. The smallest absolute Gasteiger partial charge is 0.311 e. The first-order chi connectivity index (χ1) is 12.8. The number of piperazine rings is 1. The number of amides is 1. The van der Waals surface area contributed by atoms with Gasteiger partial charge in [0.05, 0.1) is 11.0 Å². The molecule has 0 spiro atoms. The Labute approximate surface area is 158 Å². The van der Waals surface area contributed by atoms with Gasteiger partial charge in [-0.15, -0.1) is 10.2 Å². The second-order valence-corrected chi connectivity index (χ2v) is 8.40. The molecule has 0 atom stereocenters. The summed E-state index contributed by atoms with van der Waals surface area (Å²) in [6, 6.07) is 6.35. The number of sulfonamides is 1. The molecule has 1 aliphatic rings. The first-order valence-electron chi connectivity index (χ1n) is 8.63. The van der Waals surface area contributed by atoms with Crippen LogP contribution in [0.4, 0.5) is 0 Å². The molecular formula is C17H22N4O5S. The van der Waals surface area contributed by atoms with E-state index in [2.05, 4.69) is 10.2 Å². The van der Waals surface area contributed by atoms with Crippen molar-refractivity contribution in [3.8, 4) is 5.75 Å². The molecule has 1 aliphatic heterocycles. The lowest BCUT2D eigenvalue weighted by Crippen LogP contribution is -2.50. The summed E-state index contributed by atoms with van der Waals surface area (Å²) in [6.07, 6.45) is 0.0145. The van der Waals surface area contributed by atoms with Crippen molar-refractivity contribution in [2.45, 2.75) is 31.8 Å². The molecule has 1 aromatic carbocycles. The van der Waals surface area contributed by atoms with Gasteiger partial charge in [-0.2, -0.15) is 4.31 Å². The van der Waals surface area contributed by atoms with E-state index in [0.717, 1.165) is 0 Å². The van der Waals surface area contributed by atoms with Gasteiger partial charge in [-0.25, -0.2) is 8.42 Å². The van der Waals surface area contributed by atoms with Gasteiger partial charge < -0.3 is 14.1 Å². The summed E-state index contributed by atoms with van der Waals surface area (Å²) in [5.41, 5.74) is 0. The number of rotatable bonds is 5. The Morgan fingerprint density at radius 3 is 2.26 bits per heavy atom. The molecule has 1 saturated heterocycles. The van der Waals surface area contributed by atoms with Gasteiger partial charge in [-0.3, -0.25) is 4.79 Å². The highest BCUT2D eigenvalue weighted by Gasteiger charge is 2.32. The van der Waals surface area contributed by atoms with Crippen LogP contribution in [0.25, 0.3) is 0 Å². The van der Waals surface area contributed by atoms with Gasteiger partial charge in [0.15, 0.2) is 0 Å². The van der Waals surface area contributed by atoms with Gasteiger partial charge in [0.1, 0.15) is 5.75 Å². The molecule has 1 aromatic heterocycles. The molecule has 3 rings (SSSR count). The lowest BCUT2D eigenvalue weighted by atomic mass is 10.3. The predicted molar refractivity (Wildman–Crippen MR) is 95.9 cm³/mol. The van der Waals surface area contributed by atoms with Gasteiger partial charge >= 0.3 is 11.8 Å². The Bertz CT molecular complexity index is 900. The molecule has 27 heavy (non-hydrogen) atoms. The highest BCUT2D eigenvalue weighted by atomic mass is 32.2. The van der Waals surface area contributed by atoms with Crippen LogP contribution in [0.1, 0.15) is 30.4 Å². The monoisotopic (exact) mass is 394 g/mol. The average Bonchev–Trinajstić information content (AvgIpc) is 3.07. The Kier molecular flexibility index (Phi) is 5.47. The van der Waals surface area contributed by atoms with Crippen LogP contribution in [-0.4, -0.2) is 66.0 Å². The van der Waals surface area contributed by atoms with Crippen LogP contribution in [-0.2, 0) is 10.0 Å². The maximum absolute atomic E-state index is 12.8. The summed E-state index contributed by atoms with van der Waals surface area (Å²) in [5.74, 6) is 0.464. The van der Waals surface area contributed by atoms with Crippen molar-refractivity contribution in [3.63, 3.8) is 0 Å². The van der Waals surface area contributed by atoms with E-state index in [0.29, 0.717) is 11.6 Å². The lowest BCUT2D eigenvalue weighted by molar-refractivity contribution is 0.0656. The first-order valence-corrected chi connectivity index (χ1v) is 10.1.